The fraction of sp³-hybridized carbons (Fsp3) is 0.579. The Balaban J connectivity index is 1.47. The molecule has 0 radical (unpaired) electrons. The SMILES string of the molecule is CCc1nc(-c2cnc(N)c(C(F)(F)F)c2)cn1C12C3[C@H]1[C@H]2CN3CCOC. The van der Waals surface area contributed by atoms with E-state index in [1.807, 2.05) is 13.1 Å². The topological polar surface area (TPSA) is 69.2 Å². The highest BCUT2D eigenvalue weighted by Crippen LogP contribution is 2.83. The third-order valence-electron chi connectivity index (χ3n) is 6.60. The number of ether oxygens (including phenoxy) is 1. The lowest BCUT2D eigenvalue weighted by molar-refractivity contribution is -0.137. The van der Waals surface area contributed by atoms with Gasteiger partial charge in [0.15, 0.2) is 0 Å². The maximum Gasteiger partial charge on any atom is 0.419 e. The minimum absolute atomic E-state index is 0.0818. The van der Waals surface area contributed by atoms with Crippen molar-refractivity contribution in [3.05, 3.63) is 29.8 Å². The second-order valence-corrected chi connectivity index (χ2v) is 7.87. The number of hydrogen-bond acceptors (Lipinski definition) is 5. The van der Waals surface area contributed by atoms with E-state index in [-0.39, 0.29) is 5.54 Å². The van der Waals surface area contributed by atoms with Gasteiger partial charge in [0.2, 0.25) is 0 Å². The van der Waals surface area contributed by atoms with Crippen LogP contribution in [0, 0.1) is 11.8 Å². The van der Waals surface area contributed by atoms with Crippen LogP contribution in [0.15, 0.2) is 18.5 Å². The number of nitrogens with zero attached hydrogens (tertiary/aromatic N) is 4. The van der Waals surface area contributed by atoms with Crippen LogP contribution in [0.3, 0.4) is 0 Å². The summed E-state index contributed by atoms with van der Waals surface area (Å²) >= 11 is 0. The summed E-state index contributed by atoms with van der Waals surface area (Å²) in [6.45, 7) is 4.69. The van der Waals surface area contributed by atoms with Crippen molar-refractivity contribution in [1.82, 2.24) is 19.4 Å². The van der Waals surface area contributed by atoms with Crippen LogP contribution in [-0.4, -0.2) is 52.3 Å². The van der Waals surface area contributed by atoms with E-state index in [1.54, 1.807) is 7.11 Å². The molecule has 0 aromatic carbocycles. The number of methoxy groups -OCH3 is 1. The summed E-state index contributed by atoms with van der Waals surface area (Å²) in [4.78, 5) is 10.9. The number of pyridine rings is 1. The first kappa shape index (κ1) is 17.9. The highest BCUT2D eigenvalue weighted by molar-refractivity contribution is 5.63. The molecule has 4 heterocycles. The van der Waals surface area contributed by atoms with Crippen LogP contribution in [0.25, 0.3) is 11.3 Å². The summed E-state index contributed by atoms with van der Waals surface area (Å²) in [5, 5.41) is 0. The van der Waals surface area contributed by atoms with E-state index in [2.05, 4.69) is 19.4 Å². The van der Waals surface area contributed by atoms with Crippen LogP contribution >= 0.6 is 0 Å². The predicted molar refractivity (Wildman–Crippen MR) is 96.4 cm³/mol. The fourth-order valence-electron chi connectivity index (χ4n) is 5.27. The molecule has 6 rings (SSSR count). The molecule has 0 amide bonds. The second-order valence-electron chi connectivity index (χ2n) is 7.87. The standard InChI is InChI=1S/C19H22F3N5O/c1-3-14-25-13(10-6-11(19(20,21)22)17(23)24-7-10)9-27(14)18-12-8-26(4-5-28-2)16(18)15(12)18/h6-7,9,12,15-16H,3-5,8H2,1-2H3,(H2,23,24)/t12-,15-,16?,18?/m1/s1. The van der Waals surface area contributed by atoms with E-state index in [0.717, 1.165) is 31.4 Å². The van der Waals surface area contributed by atoms with Crippen molar-refractivity contribution in [2.75, 3.05) is 32.5 Å². The Morgan fingerprint density at radius 3 is 2.82 bits per heavy atom. The van der Waals surface area contributed by atoms with Crippen LogP contribution in [-0.2, 0) is 22.9 Å². The smallest absolute Gasteiger partial charge is 0.383 e. The molecule has 4 aliphatic rings. The number of nitrogens with two attached hydrogens (primary N) is 1. The average molecular weight is 393 g/mol. The number of anilines is 1. The lowest BCUT2D eigenvalue weighted by Crippen LogP contribution is -2.29. The van der Waals surface area contributed by atoms with Gasteiger partial charge in [0.05, 0.1) is 23.4 Å². The van der Waals surface area contributed by atoms with Crippen molar-refractivity contribution >= 4 is 5.82 Å². The molecule has 28 heavy (non-hydrogen) atoms. The Bertz CT molecular complexity index is 936. The number of imidazole rings is 1. The molecule has 2 saturated heterocycles. The van der Waals surface area contributed by atoms with Gasteiger partial charge in [0.25, 0.3) is 0 Å². The van der Waals surface area contributed by atoms with Gasteiger partial charge in [-0.2, -0.15) is 13.2 Å². The fourth-order valence-corrected chi connectivity index (χ4v) is 5.27. The third kappa shape index (κ3) is 2.23. The van der Waals surface area contributed by atoms with E-state index in [1.165, 1.54) is 6.20 Å². The largest absolute Gasteiger partial charge is 0.419 e. The van der Waals surface area contributed by atoms with Gasteiger partial charge in [0.1, 0.15) is 11.6 Å². The van der Waals surface area contributed by atoms with E-state index >= 15 is 0 Å². The van der Waals surface area contributed by atoms with Crippen LogP contribution in [0.4, 0.5) is 19.0 Å². The normalized spacial score (nSPS) is 30.5. The maximum atomic E-state index is 13.2. The summed E-state index contributed by atoms with van der Waals surface area (Å²) < 4.78 is 47.0. The number of piperidine rings is 1. The lowest BCUT2D eigenvalue weighted by atomic mass is 10.1. The molecule has 2 saturated carbocycles. The maximum absolute atomic E-state index is 13.2. The number of alkyl halides is 3. The van der Waals surface area contributed by atoms with Crippen LogP contribution in [0.1, 0.15) is 18.3 Å². The highest BCUT2D eigenvalue weighted by Gasteiger charge is 2.93. The first-order chi connectivity index (χ1) is 13.3. The van der Waals surface area contributed by atoms with E-state index in [4.69, 9.17) is 10.5 Å². The quantitative estimate of drug-likeness (QED) is 0.816. The van der Waals surface area contributed by atoms with Crippen LogP contribution in [0.5, 0.6) is 0 Å². The third-order valence-corrected chi connectivity index (χ3v) is 6.60. The number of rotatable bonds is 6. The summed E-state index contributed by atoms with van der Waals surface area (Å²) in [6.07, 6.45) is -0.550. The first-order valence-electron chi connectivity index (χ1n) is 9.48. The van der Waals surface area contributed by atoms with Gasteiger partial charge in [-0.25, -0.2) is 9.97 Å². The summed E-state index contributed by atoms with van der Waals surface area (Å²) in [5.74, 6) is 1.63. The van der Waals surface area contributed by atoms with E-state index in [9.17, 15) is 13.2 Å². The average Bonchev–Trinajstić information content (AvgIpc) is 3.24. The molecule has 9 heteroatoms. The zero-order valence-electron chi connectivity index (χ0n) is 15.7. The minimum atomic E-state index is -4.54. The van der Waals surface area contributed by atoms with Crippen molar-refractivity contribution in [1.29, 1.82) is 0 Å². The molecule has 6 nitrogen and oxygen atoms in total. The van der Waals surface area contributed by atoms with E-state index < -0.39 is 17.6 Å². The number of hydrogen-bond donors (Lipinski definition) is 1. The molecule has 2 aromatic heterocycles. The zero-order valence-corrected chi connectivity index (χ0v) is 15.7. The zero-order chi connectivity index (χ0) is 19.8. The molecule has 2 N–H and O–H groups in total. The second kappa shape index (κ2) is 5.70. The summed E-state index contributed by atoms with van der Waals surface area (Å²) in [7, 11) is 1.70. The lowest BCUT2D eigenvalue weighted by Gasteiger charge is -2.17. The minimum Gasteiger partial charge on any atom is -0.383 e. The van der Waals surface area contributed by atoms with Crippen molar-refractivity contribution in [2.24, 2.45) is 11.8 Å². The predicted octanol–water partition coefficient (Wildman–Crippen LogP) is 2.39. The Hall–Kier alpha value is -2.13. The first-order valence-corrected chi connectivity index (χ1v) is 9.48. The number of halogens is 3. The number of fused-ring (bicyclic) bond motifs is 1. The van der Waals surface area contributed by atoms with Crippen molar-refractivity contribution in [2.45, 2.75) is 31.1 Å². The summed E-state index contributed by atoms with van der Waals surface area (Å²) in [6, 6.07) is 1.54. The van der Waals surface area contributed by atoms with Gasteiger partial charge >= 0.3 is 6.18 Å². The van der Waals surface area contributed by atoms with Crippen LogP contribution < -0.4 is 5.73 Å². The molecule has 2 aliphatic carbocycles. The van der Waals surface area contributed by atoms with Gasteiger partial charge in [-0.15, -0.1) is 0 Å². The number of aromatic nitrogens is 3. The molecule has 2 unspecified atom stereocenters. The van der Waals surface area contributed by atoms with Crippen molar-refractivity contribution in [3.63, 3.8) is 0 Å². The molecule has 2 aliphatic heterocycles. The van der Waals surface area contributed by atoms with Gasteiger partial charge in [-0.1, -0.05) is 6.92 Å². The molecule has 0 spiro atoms. The van der Waals surface area contributed by atoms with Gasteiger partial charge < -0.3 is 15.0 Å². The van der Waals surface area contributed by atoms with Crippen molar-refractivity contribution < 1.29 is 17.9 Å². The Morgan fingerprint density at radius 1 is 1.39 bits per heavy atom. The Labute approximate surface area is 160 Å². The molecule has 2 aromatic rings. The van der Waals surface area contributed by atoms with Gasteiger partial charge in [-0.05, 0) is 6.07 Å². The molecule has 2 bridgehead atoms. The Morgan fingerprint density at radius 2 is 2.18 bits per heavy atom. The molecular formula is C19H22F3N5O. The summed E-state index contributed by atoms with van der Waals surface area (Å²) in [5.41, 5.74) is 5.45. The van der Waals surface area contributed by atoms with Crippen molar-refractivity contribution in [3.8, 4) is 11.3 Å². The van der Waals surface area contributed by atoms with Gasteiger partial charge in [-0.3, -0.25) is 4.90 Å². The van der Waals surface area contributed by atoms with Crippen LogP contribution in [0.2, 0.25) is 0 Å². The molecule has 150 valence electrons. The highest BCUT2D eigenvalue weighted by atomic mass is 19.4. The number of nitrogen functional groups attached to an aromatic ring is 1. The Kier molecular flexibility index (Phi) is 3.65. The molecular weight excluding hydrogens is 371 g/mol. The molecule has 4 atom stereocenters. The number of aryl methyl sites for hydroxylation is 1. The monoisotopic (exact) mass is 393 g/mol. The van der Waals surface area contributed by atoms with Gasteiger partial charge in [0, 0.05) is 62.5 Å². The molecule has 4 fully saturated rings. The van der Waals surface area contributed by atoms with E-state index in [0.29, 0.717) is 35.7 Å².